The zero-order valence-corrected chi connectivity index (χ0v) is 52.6. The van der Waals surface area contributed by atoms with Crippen LogP contribution in [-0.2, 0) is 50.0 Å². The van der Waals surface area contributed by atoms with Crippen LogP contribution in [0.5, 0.6) is 0 Å². The number of alkyl halides is 2. The van der Waals surface area contributed by atoms with E-state index in [-0.39, 0.29) is 73.9 Å². The van der Waals surface area contributed by atoms with Gasteiger partial charge in [-0.2, -0.15) is 0 Å². The number of hydrogen-bond acceptors (Lipinski definition) is 13. The molecule has 24 heteroatoms. The van der Waals surface area contributed by atoms with E-state index in [9.17, 15) is 47.1 Å². The first-order valence-electron chi connectivity index (χ1n) is 31.2. The number of unbranched alkanes of at least 4 members (excludes halogenated alkanes) is 3. The first-order chi connectivity index (χ1) is 43.0. The Bertz CT molecular complexity index is 3190. The number of anilines is 2. The van der Waals surface area contributed by atoms with Gasteiger partial charge in [-0.3, -0.25) is 38.7 Å². The molecule has 22 nitrogen and oxygen atoms in total. The number of aromatic nitrogens is 1. The predicted molar refractivity (Wildman–Crippen MR) is 343 cm³/mol. The third kappa shape index (κ3) is 23.0. The lowest BCUT2D eigenvalue weighted by Crippen LogP contribution is -2.54. The third-order valence-electron chi connectivity index (χ3n) is 15.2. The molecule has 0 radical (unpaired) electrons. The van der Waals surface area contributed by atoms with Crippen molar-refractivity contribution in [1.82, 2.24) is 41.4 Å². The molecule has 2 aliphatic rings. The van der Waals surface area contributed by atoms with Crippen LogP contribution in [0.15, 0.2) is 89.6 Å². The van der Waals surface area contributed by atoms with E-state index in [1.54, 1.807) is 80.7 Å². The molecule has 0 aliphatic carbocycles. The Morgan fingerprint density at radius 2 is 1.43 bits per heavy atom. The summed E-state index contributed by atoms with van der Waals surface area (Å²) in [6, 6.07) is 17.0. The van der Waals surface area contributed by atoms with Gasteiger partial charge < -0.3 is 58.3 Å². The van der Waals surface area contributed by atoms with Crippen LogP contribution in [0.1, 0.15) is 161 Å². The van der Waals surface area contributed by atoms with Crippen molar-refractivity contribution < 1.29 is 51.9 Å². The number of urea groups is 1. The molecule has 0 bridgehead atoms. The van der Waals surface area contributed by atoms with Crippen molar-refractivity contribution in [1.29, 1.82) is 0 Å². The Hall–Kier alpha value is -8.80. The molecule has 90 heavy (non-hydrogen) atoms. The predicted octanol–water partition coefficient (Wildman–Crippen LogP) is 8.62. The standard InChI is InChI=1S/C66H89F2N13O9/c1-7-29-81(30-8-2)63(87)49-32-47-23-24-48(34-55(47)77-56(69)35-49)60(84)76-52-33-50-38-80(31-27-53(50)72-36-52)37-44-17-21-46(22-18-44)59(83)73-40-66(67,68)41-74-65(89)90-39-45-19-25-51(26-20-45)75-61(85)54(15-13-28-71-64(70)88)78-62(86)58(43(5)6)79-57(82)16-12-10-9-11-14-42(3)4/h17-26,32-34,36,42-43,54,58H,7-16,27-31,35,37-41H2,1-6H3,(H2,69,77)(H,73,83)(H,74,89)(H,75,85)(H,76,84)(H,78,86)(H,79,82)(H3,70,71,88)/t54-,58-/m0/s1. The Labute approximate surface area is 525 Å². The normalized spacial score (nSPS) is 13.7. The van der Waals surface area contributed by atoms with Crippen LogP contribution in [0.3, 0.4) is 0 Å². The van der Waals surface area contributed by atoms with Crippen molar-refractivity contribution in [2.75, 3.05) is 49.9 Å². The number of primary amides is 1. The molecule has 0 saturated carbocycles. The number of nitrogens with one attached hydrogen (secondary N) is 7. The number of rotatable bonds is 33. The molecule has 2 atom stereocenters. The molecule has 4 aromatic rings. The SMILES string of the molecule is CCCN(CCC)C(=O)C1=Cc2ccc(C(=O)Nc3cnc4c(c3)CN(Cc3ccc(C(=O)NCC(F)(F)CNC(=O)OCc5ccc(NC(=O)[C@H](CCCNC(N)=O)NC(=O)[C@@H](NC(=O)CCCCCCC(C)C)C(C)C)cc5)cc3)CC4)cc2N=C(N)C1. The number of fused-ring (bicyclic) bond motifs is 2. The minimum Gasteiger partial charge on any atom is -0.445 e. The fraction of sp³-hybridized carbons (Fsp3) is 0.485. The highest BCUT2D eigenvalue weighted by Gasteiger charge is 2.32. The highest BCUT2D eigenvalue weighted by Crippen LogP contribution is 2.30. The van der Waals surface area contributed by atoms with E-state index in [4.69, 9.17) is 16.2 Å². The van der Waals surface area contributed by atoms with Crippen LogP contribution in [0.2, 0.25) is 0 Å². The van der Waals surface area contributed by atoms with Crippen LogP contribution in [-0.4, -0.2) is 125 Å². The highest BCUT2D eigenvalue weighted by atomic mass is 19.3. The summed E-state index contributed by atoms with van der Waals surface area (Å²) in [5.41, 5.74) is 17.8. The number of amidine groups is 1. The fourth-order valence-corrected chi connectivity index (χ4v) is 10.3. The molecule has 2 aliphatic heterocycles. The summed E-state index contributed by atoms with van der Waals surface area (Å²) in [7, 11) is 0. The number of amides is 9. The van der Waals surface area contributed by atoms with Crippen molar-refractivity contribution in [2.24, 2.45) is 28.3 Å². The number of hydrogen-bond donors (Lipinski definition) is 9. The van der Waals surface area contributed by atoms with E-state index in [1.807, 2.05) is 30.1 Å². The number of benzene rings is 3. The van der Waals surface area contributed by atoms with Gasteiger partial charge in [-0.25, -0.2) is 23.4 Å². The summed E-state index contributed by atoms with van der Waals surface area (Å²) in [5.74, 6) is -5.46. The zero-order valence-electron chi connectivity index (χ0n) is 52.6. The van der Waals surface area contributed by atoms with Gasteiger partial charge >= 0.3 is 12.1 Å². The van der Waals surface area contributed by atoms with E-state index in [0.717, 1.165) is 55.3 Å². The lowest BCUT2D eigenvalue weighted by atomic mass is 10.0. The molecule has 0 unspecified atom stereocenters. The number of nitrogens with two attached hydrogens (primary N) is 2. The number of aliphatic imine (C=N–C) groups is 1. The first kappa shape index (κ1) is 70.3. The van der Waals surface area contributed by atoms with Gasteiger partial charge in [0.05, 0.1) is 30.7 Å². The van der Waals surface area contributed by atoms with Crippen molar-refractivity contribution in [2.45, 2.75) is 156 Å². The van der Waals surface area contributed by atoms with Crippen molar-refractivity contribution in [3.63, 3.8) is 0 Å². The number of nitrogens with zero attached hydrogens (tertiary/aromatic N) is 4. The molecular formula is C66H89F2N13O9. The summed E-state index contributed by atoms with van der Waals surface area (Å²) in [6.07, 6.45) is 10.4. The number of halogens is 2. The number of alkyl carbamates (subject to hydrolysis) is 1. The molecule has 3 heterocycles. The average Bonchev–Trinajstić information content (AvgIpc) is 2.56. The van der Waals surface area contributed by atoms with Crippen molar-refractivity contribution in [3.05, 3.63) is 124 Å². The van der Waals surface area contributed by atoms with Crippen LogP contribution < -0.4 is 48.7 Å². The Kier molecular flexibility index (Phi) is 27.2. The zero-order chi connectivity index (χ0) is 65.3. The number of ether oxygens (including phenoxy) is 1. The minimum atomic E-state index is -3.54. The van der Waals surface area contributed by atoms with Gasteiger partial charge in [-0.05, 0) is 109 Å². The molecule has 1 aromatic heterocycles. The molecule has 9 amide bonds. The molecule has 0 saturated heterocycles. The quantitative estimate of drug-likeness (QED) is 0.0203. The maximum Gasteiger partial charge on any atom is 0.407 e. The average molecular weight is 1250 g/mol. The molecule has 0 spiro atoms. The van der Waals surface area contributed by atoms with E-state index >= 15 is 0 Å². The Balaban J connectivity index is 0.917. The molecule has 486 valence electrons. The maximum absolute atomic E-state index is 15.0. The topological polar surface area (TPSA) is 314 Å². The Morgan fingerprint density at radius 3 is 2.12 bits per heavy atom. The van der Waals surface area contributed by atoms with Crippen molar-refractivity contribution >= 4 is 76.5 Å². The lowest BCUT2D eigenvalue weighted by molar-refractivity contribution is -0.132. The molecule has 3 aromatic carbocycles. The van der Waals surface area contributed by atoms with E-state index < -0.39 is 60.9 Å². The second kappa shape index (κ2) is 34.8. The minimum absolute atomic E-state index is 0.0736. The van der Waals surface area contributed by atoms with E-state index in [2.05, 4.69) is 60.6 Å². The number of carbonyl (C=O) groups is 8. The summed E-state index contributed by atoms with van der Waals surface area (Å²) in [6.45, 7) is 12.7. The van der Waals surface area contributed by atoms with Gasteiger partial charge in [0.1, 0.15) is 24.5 Å². The second-order valence-electron chi connectivity index (χ2n) is 23.7. The fourth-order valence-electron chi connectivity index (χ4n) is 10.3. The highest BCUT2D eigenvalue weighted by molar-refractivity contribution is 6.08. The largest absolute Gasteiger partial charge is 0.445 e. The van der Waals surface area contributed by atoms with Crippen molar-refractivity contribution in [3.8, 4) is 0 Å². The van der Waals surface area contributed by atoms with Crippen LogP contribution >= 0.6 is 0 Å². The Morgan fingerprint density at radius 1 is 0.744 bits per heavy atom. The smallest absolute Gasteiger partial charge is 0.407 e. The third-order valence-corrected chi connectivity index (χ3v) is 15.2. The molecule has 0 fully saturated rings. The molecule has 11 N–H and O–H groups in total. The molecule has 6 rings (SSSR count). The monoisotopic (exact) mass is 1250 g/mol. The number of pyridine rings is 1. The van der Waals surface area contributed by atoms with Crippen LogP contribution in [0.4, 0.5) is 35.4 Å². The number of carbonyl (C=O) groups excluding carboxylic acids is 8. The van der Waals surface area contributed by atoms with Gasteiger partial charge in [0.15, 0.2) is 0 Å². The van der Waals surface area contributed by atoms with Crippen LogP contribution in [0, 0.1) is 11.8 Å². The first-order valence-corrected chi connectivity index (χ1v) is 31.2. The summed E-state index contributed by atoms with van der Waals surface area (Å²) in [4.78, 5) is 117. The maximum atomic E-state index is 15.0. The van der Waals surface area contributed by atoms with Gasteiger partial charge in [0.2, 0.25) is 23.6 Å². The van der Waals surface area contributed by atoms with Crippen LogP contribution in [0.25, 0.3) is 6.08 Å². The van der Waals surface area contributed by atoms with E-state index in [0.29, 0.717) is 90.8 Å². The van der Waals surface area contributed by atoms with Gasteiger partial charge in [0.25, 0.3) is 17.7 Å². The van der Waals surface area contributed by atoms with E-state index in [1.165, 1.54) is 12.1 Å². The second-order valence-corrected chi connectivity index (χ2v) is 23.7. The summed E-state index contributed by atoms with van der Waals surface area (Å²) >= 11 is 0. The van der Waals surface area contributed by atoms with Gasteiger partial charge in [0, 0.05) is 92.2 Å². The lowest BCUT2D eigenvalue weighted by Gasteiger charge is -2.28. The van der Waals surface area contributed by atoms with Gasteiger partial charge in [-0.15, -0.1) is 0 Å². The summed E-state index contributed by atoms with van der Waals surface area (Å²) < 4.78 is 35.1. The summed E-state index contributed by atoms with van der Waals surface area (Å²) in [5, 5.41) is 18.0. The molecular weight excluding hydrogens is 1160 g/mol. The van der Waals surface area contributed by atoms with Gasteiger partial charge in [-0.1, -0.05) is 97.6 Å².